The summed E-state index contributed by atoms with van der Waals surface area (Å²) in [5, 5.41) is 9.03. The zero-order valence-electron chi connectivity index (χ0n) is 11.4. The van der Waals surface area contributed by atoms with Gasteiger partial charge in [0.05, 0.1) is 12.0 Å². The van der Waals surface area contributed by atoms with Crippen LogP contribution in [0.1, 0.15) is 12.5 Å². The Labute approximate surface area is 131 Å². The second kappa shape index (κ2) is 6.28. The molecule has 1 fully saturated rings. The van der Waals surface area contributed by atoms with Crippen molar-refractivity contribution in [2.75, 3.05) is 7.11 Å². The van der Waals surface area contributed by atoms with Gasteiger partial charge in [-0.25, -0.2) is 4.79 Å². The number of aliphatic carboxylic acids is 1. The van der Waals surface area contributed by atoms with Crippen molar-refractivity contribution in [1.29, 1.82) is 0 Å². The second-order valence-corrected chi connectivity index (χ2v) is 5.98. The number of carbonyl (C=O) groups excluding carboxylic acids is 1. The third kappa shape index (κ3) is 3.08. The van der Waals surface area contributed by atoms with Gasteiger partial charge in [-0.3, -0.25) is 9.69 Å². The van der Waals surface area contributed by atoms with Crippen molar-refractivity contribution >= 4 is 46.3 Å². The molecule has 2 rings (SSSR count). The van der Waals surface area contributed by atoms with Gasteiger partial charge in [0.15, 0.2) is 0 Å². The number of rotatable bonds is 4. The molecule has 0 bridgehead atoms. The lowest BCUT2D eigenvalue weighted by Gasteiger charge is -2.18. The number of para-hydroxylation sites is 1. The van der Waals surface area contributed by atoms with E-state index < -0.39 is 17.9 Å². The number of ether oxygens (including phenoxy) is 1. The van der Waals surface area contributed by atoms with Gasteiger partial charge >= 0.3 is 5.97 Å². The third-order valence-corrected chi connectivity index (χ3v) is 4.32. The molecule has 0 saturated carbocycles. The van der Waals surface area contributed by atoms with Crippen LogP contribution in [-0.2, 0) is 9.59 Å². The molecule has 0 aromatic heterocycles. The maximum atomic E-state index is 12.3. The van der Waals surface area contributed by atoms with E-state index in [2.05, 4.69) is 0 Å². The molecule has 21 heavy (non-hydrogen) atoms. The molecule has 5 nitrogen and oxygen atoms in total. The smallest absolute Gasteiger partial charge is 0.326 e. The first kappa shape index (κ1) is 15.5. The molecule has 1 saturated heterocycles. The van der Waals surface area contributed by atoms with E-state index in [1.807, 2.05) is 18.2 Å². The lowest BCUT2D eigenvalue weighted by atomic mass is 10.2. The number of carbonyl (C=O) groups is 2. The summed E-state index contributed by atoms with van der Waals surface area (Å²) in [4.78, 5) is 24.9. The van der Waals surface area contributed by atoms with E-state index in [0.29, 0.717) is 10.7 Å². The van der Waals surface area contributed by atoms with E-state index in [-0.39, 0.29) is 4.32 Å². The van der Waals surface area contributed by atoms with Crippen LogP contribution in [0.3, 0.4) is 0 Å². The number of amides is 1. The van der Waals surface area contributed by atoms with E-state index in [1.54, 1.807) is 19.3 Å². The topological polar surface area (TPSA) is 66.8 Å². The van der Waals surface area contributed by atoms with E-state index in [4.69, 9.17) is 22.1 Å². The number of hydrogen-bond donors (Lipinski definition) is 1. The Morgan fingerprint density at radius 3 is 2.76 bits per heavy atom. The zero-order valence-corrected chi connectivity index (χ0v) is 13.0. The maximum absolute atomic E-state index is 12.3. The van der Waals surface area contributed by atoms with Crippen molar-refractivity contribution in [3.8, 4) is 5.75 Å². The zero-order chi connectivity index (χ0) is 15.6. The molecular weight excluding hydrogens is 310 g/mol. The fourth-order valence-electron chi connectivity index (χ4n) is 1.85. The molecule has 1 aliphatic rings. The summed E-state index contributed by atoms with van der Waals surface area (Å²) in [5.74, 6) is -0.857. The van der Waals surface area contributed by atoms with Crippen LogP contribution in [0.15, 0.2) is 29.2 Å². The molecule has 0 aliphatic carbocycles. The average Bonchev–Trinajstić information content (AvgIpc) is 2.73. The fraction of sp³-hybridized carbons (Fsp3) is 0.214. The van der Waals surface area contributed by atoms with E-state index in [1.165, 1.54) is 6.92 Å². The standard InChI is InChI=1S/C14H13NO4S2/c1-8(13(17)18)15-12(16)11(21-14(15)20)7-9-5-3-4-6-10(9)19-2/h3-8H,1-2H3,(H,17,18)/b11-7+/t8-/m1/s1. The highest BCUT2D eigenvalue weighted by Gasteiger charge is 2.38. The van der Waals surface area contributed by atoms with Crippen LogP contribution < -0.4 is 4.74 Å². The first-order chi connectivity index (χ1) is 9.95. The predicted molar refractivity (Wildman–Crippen MR) is 85.1 cm³/mol. The monoisotopic (exact) mass is 323 g/mol. The van der Waals surface area contributed by atoms with Crippen LogP contribution in [0.25, 0.3) is 6.08 Å². The van der Waals surface area contributed by atoms with Crippen LogP contribution >= 0.6 is 24.0 Å². The predicted octanol–water partition coefficient (Wildman–Crippen LogP) is 2.37. The maximum Gasteiger partial charge on any atom is 0.326 e. The summed E-state index contributed by atoms with van der Waals surface area (Å²) in [6.07, 6.45) is 1.66. The summed E-state index contributed by atoms with van der Waals surface area (Å²) in [6.45, 7) is 1.43. The lowest BCUT2D eigenvalue weighted by molar-refractivity contribution is -0.144. The SMILES string of the molecule is COc1ccccc1/C=C1/SC(=S)N([C@H](C)C(=O)O)C1=O. The van der Waals surface area contributed by atoms with Gasteiger partial charge in [0.2, 0.25) is 0 Å². The Bertz CT molecular complexity index is 642. The number of benzene rings is 1. The van der Waals surface area contributed by atoms with Gasteiger partial charge in [-0.15, -0.1) is 0 Å². The Morgan fingerprint density at radius 2 is 2.14 bits per heavy atom. The molecule has 1 N–H and O–H groups in total. The molecule has 110 valence electrons. The summed E-state index contributed by atoms with van der Waals surface area (Å²) in [6, 6.07) is 6.27. The van der Waals surface area contributed by atoms with Gasteiger partial charge in [0, 0.05) is 5.56 Å². The Kier molecular flexibility index (Phi) is 4.64. The van der Waals surface area contributed by atoms with Gasteiger partial charge < -0.3 is 9.84 Å². The number of thioether (sulfide) groups is 1. The van der Waals surface area contributed by atoms with Gasteiger partial charge in [0.25, 0.3) is 5.91 Å². The molecule has 1 atom stereocenters. The lowest BCUT2D eigenvalue weighted by Crippen LogP contribution is -2.41. The summed E-state index contributed by atoms with van der Waals surface area (Å²) < 4.78 is 5.47. The minimum absolute atomic E-state index is 0.246. The highest BCUT2D eigenvalue weighted by atomic mass is 32.2. The molecule has 1 aromatic rings. The molecular formula is C14H13NO4S2. The van der Waals surface area contributed by atoms with Crippen molar-refractivity contribution in [2.24, 2.45) is 0 Å². The van der Waals surface area contributed by atoms with Gasteiger partial charge in [-0.05, 0) is 19.1 Å². The Hall–Kier alpha value is -1.86. The number of thiocarbonyl (C=S) groups is 1. The molecule has 1 aromatic carbocycles. The van der Waals surface area contributed by atoms with Crippen molar-refractivity contribution in [1.82, 2.24) is 4.90 Å². The largest absolute Gasteiger partial charge is 0.496 e. The van der Waals surface area contributed by atoms with Gasteiger partial charge in [-0.2, -0.15) is 0 Å². The molecule has 7 heteroatoms. The second-order valence-electron chi connectivity index (χ2n) is 4.31. The Balaban J connectivity index is 2.34. The fourth-order valence-corrected chi connectivity index (χ4v) is 3.26. The number of hydrogen-bond acceptors (Lipinski definition) is 5. The van der Waals surface area contributed by atoms with E-state index in [9.17, 15) is 9.59 Å². The number of carboxylic acid groups (broad SMARTS) is 1. The first-order valence-electron chi connectivity index (χ1n) is 6.08. The van der Waals surface area contributed by atoms with Crippen LogP contribution in [0.5, 0.6) is 5.75 Å². The quantitative estimate of drug-likeness (QED) is 0.678. The molecule has 1 aliphatic heterocycles. The summed E-state index contributed by atoms with van der Waals surface area (Å²) in [7, 11) is 1.55. The highest BCUT2D eigenvalue weighted by molar-refractivity contribution is 8.26. The molecule has 1 heterocycles. The minimum atomic E-state index is -1.09. The van der Waals surface area contributed by atoms with Crippen LogP contribution in [0.2, 0.25) is 0 Å². The minimum Gasteiger partial charge on any atom is -0.496 e. The van der Waals surface area contributed by atoms with Gasteiger partial charge in [-0.1, -0.05) is 42.2 Å². The summed E-state index contributed by atoms with van der Waals surface area (Å²) in [5.41, 5.74) is 0.739. The normalized spacial score (nSPS) is 18.2. The van der Waals surface area contributed by atoms with Gasteiger partial charge in [0.1, 0.15) is 16.1 Å². The number of nitrogens with zero attached hydrogens (tertiary/aromatic N) is 1. The molecule has 1 amide bonds. The number of methoxy groups -OCH3 is 1. The van der Waals surface area contributed by atoms with E-state index >= 15 is 0 Å². The molecule has 0 spiro atoms. The highest BCUT2D eigenvalue weighted by Crippen LogP contribution is 2.35. The average molecular weight is 323 g/mol. The van der Waals surface area contributed by atoms with Crippen LogP contribution in [0, 0.1) is 0 Å². The molecule has 0 radical (unpaired) electrons. The van der Waals surface area contributed by atoms with Crippen molar-refractivity contribution in [2.45, 2.75) is 13.0 Å². The van der Waals surface area contributed by atoms with Crippen molar-refractivity contribution < 1.29 is 19.4 Å². The molecule has 0 unspecified atom stereocenters. The van der Waals surface area contributed by atoms with E-state index in [0.717, 1.165) is 22.2 Å². The Morgan fingerprint density at radius 1 is 1.48 bits per heavy atom. The summed E-state index contributed by atoms with van der Waals surface area (Å²) >= 11 is 6.19. The third-order valence-electron chi connectivity index (χ3n) is 2.99. The van der Waals surface area contributed by atoms with Crippen LogP contribution in [0.4, 0.5) is 0 Å². The first-order valence-corrected chi connectivity index (χ1v) is 7.31. The number of carboxylic acids is 1. The van der Waals surface area contributed by atoms with Crippen LogP contribution in [-0.4, -0.2) is 39.4 Å². The van der Waals surface area contributed by atoms with Crippen molar-refractivity contribution in [3.05, 3.63) is 34.7 Å². The van der Waals surface area contributed by atoms with Crippen molar-refractivity contribution in [3.63, 3.8) is 0 Å².